The molecular formula is C22H25N5O3. The number of carbonyl (C=O) groups is 1. The summed E-state index contributed by atoms with van der Waals surface area (Å²) in [5, 5.41) is 3.09. The van der Waals surface area contributed by atoms with Gasteiger partial charge in [-0.15, -0.1) is 0 Å². The molecule has 4 heterocycles. The number of carbonyl (C=O) groups excluding carboxylic acids is 1. The Morgan fingerprint density at radius 1 is 1.30 bits per heavy atom. The van der Waals surface area contributed by atoms with Crippen LogP contribution in [0.5, 0.6) is 0 Å². The minimum atomic E-state index is -0.157. The number of nitrogens with zero attached hydrogens (tertiary/aromatic N) is 3. The molecule has 1 aliphatic heterocycles. The molecule has 4 rings (SSSR count). The number of pyridine rings is 1. The third kappa shape index (κ3) is 4.27. The summed E-state index contributed by atoms with van der Waals surface area (Å²) in [7, 11) is 0. The topological polar surface area (TPSA) is 104 Å². The second kappa shape index (κ2) is 8.52. The number of hydrogen-bond donors (Lipinski definition) is 2. The summed E-state index contributed by atoms with van der Waals surface area (Å²) in [6.07, 6.45) is 5.67. The van der Waals surface area contributed by atoms with Gasteiger partial charge in [-0.3, -0.25) is 9.59 Å². The van der Waals surface area contributed by atoms with E-state index in [1.54, 1.807) is 19.2 Å². The Hall–Kier alpha value is -3.42. The molecule has 3 aromatic heterocycles. The van der Waals surface area contributed by atoms with E-state index >= 15 is 0 Å². The fourth-order valence-corrected chi connectivity index (χ4v) is 3.68. The van der Waals surface area contributed by atoms with Crippen molar-refractivity contribution in [3.8, 4) is 11.4 Å². The first-order valence-electron chi connectivity index (χ1n) is 10.2. The molecule has 3 aromatic rings. The van der Waals surface area contributed by atoms with Crippen molar-refractivity contribution in [3.63, 3.8) is 0 Å². The molecule has 1 aliphatic rings. The standard InChI is InChI=1S/C22H25N5O3/c1-3-16-12-20(28)26-21(24-16)15-4-5-19(23-13-15)27-9-6-17(7-10-27)25-22(29)18-8-11-30-14(18)2/h4-5,8,11-13,17H,3,6-7,9-10H2,1-2H3,(H,25,29)(H,24,26,28). The Labute approximate surface area is 174 Å². The van der Waals surface area contributed by atoms with Gasteiger partial charge in [0.05, 0.1) is 11.8 Å². The van der Waals surface area contributed by atoms with E-state index < -0.39 is 0 Å². The molecule has 156 valence electrons. The van der Waals surface area contributed by atoms with Crippen LogP contribution in [0, 0.1) is 6.92 Å². The van der Waals surface area contributed by atoms with Crippen LogP contribution in [0.25, 0.3) is 11.4 Å². The lowest BCUT2D eigenvalue weighted by molar-refractivity contribution is 0.0929. The third-order valence-electron chi connectivity index (χ3n) is 5.44. The molecule has 0 aliphatic carbocycles. The van der Waals surface area contributed by atoms with E-state index in [9.17, 15) is 9.59 Å². The summed E-state index contributed by atoms with van der Waals surface area (Å²) < 4.78 is 5.21. The number of rotatable bonds is 5. The summed E-state index contributed by atoms with van der Waals surface area (Å²) in [5.41, 5.74) is 1.97. The molecule has 1 saturated heterocycles. The normalized spacial score (nSPS) is 14.7. The van der Waals surface area contributed by atoms with E-state index in [0.29, 0.717) is 23.6 Å². The SMILES string of the molecule is CCc1cc(=O)[nH]c(-c2ccc(N3CCC(NC(=O)c4ccoc4C)CC3)nc2)n1. The first-order chi connectivity index (χ1) is 14.5. The summed E-state index contributed by atoms with van der Waals surface area (Å²) in [4.78, 5) is 38.2. The third-order valence-corrected chi connectivity index (χ3v) is 5.44. The Bertz CT molecular complexity index is 1080. The van der Waals surface area contributed by atoms with Crippen LogP contribution in [0.15, 0.2) is 45.9 Å². The molecule has 2 N–H and O–H groups in total. The Kier molecular flexibility index (Phi) is 5.65. The predicted molar refractivity (Wildman–Crippen MR) is 114 cm³/mol. The van der Waals surface area contributed by atoms with Crippen LogP contribution in [0.3, 0.4) is 0 Å². The number of anilines is 1. The van der Waals surface area contributed by atoms with E-state index in [-0.39, 0.29) is 17.5 Å². The lowest BCUT2D eigenvalue weighted by atomic mass is 10.0. The number of amides is 1. The zero-order valence-corrected chi connectivity index (χ0v) is 17.1. The molecule has 0 atom stereocenters. The minimum absolute atomic E-state index is 0.0852. The fraction of sp³-hybridized carbons (Fsp3) is 0.364. The first kappa shape index (κ1) is 19.9. The van der Waals surface area contributed by atoms with Crippen molar-refractivity contribution in [2.24, 2.45) is 0 Å². The predicted octanol–water partition coefficient (Wildman–Crippen LogP) is 2.69. The largest absolute Gasteiger partial charge is 0.469 e. The molecule has 1 fully saturated rings. The van der Waals surface area contributed by atoms with Crippen molar-refractivity contribution in [2.75, 3.05) is 18.0 Å². The van der Waals surface area contributed by atoms with Crippen molar-refractivity contribution < 1.29 is 9.21 Å². The van der Waals surface area contributed by atoms with Gasteiger partial charge in [0.1, 0.15) is 17.4 Å². The molecule has 0 aromatic carbocycles. The molecule has 0 bridgehead atoms. The van der Waals surface area contributed by atoms with Gasteiger partial charge in [-0.05, 0) is 44.4 Å². The number of furan rings is 1. The zero-order valence-electron chi connectivity index (χ0n) is 17.1. The molecule has 8 nitrogen and oxygen atoms in total. The van der Waals surface area contributed by atoms with Gasteiger partial charge in [-0.25, -0.2) is 9.97 Å². The first-order valence-corrected chi connectivity index (χ1v) is 10.2. The number of aromatic nitrogens is 3. The quantitative estimate of drug-likeness (QED) is 0.674. The van der Waals surface area contributed by atoms with Crippen LogP contribution in [-0.2, 0) is 6.42 Å². The van der Waals surface area contributed by atoms with Gasteiger partial charge in [-0.1, -0.05) is 6.92 Å². The van der Waals surface area contributed by atoms with Crippen LogP contribution in [0.1, 0.15) is 41.6 Å². The number of nitrogens with one attached hydrogen (secondary N) is 2. The maximum Gasteiger partial charge on any atom is 0.255 e. The number of aromatic amines is 1. The van der Waals surface area contributed by atoms with Crippen molar-refractivity contribution in [1.82, 2.24) is 20.3 Å². The van der Waals surface area contributed by atoms with Crippen LogP contribution in [0.4, 0.5) is 5.82 Å². The number of piperidine rings is 1. The Morgan fingerprint density at radius 3 is 2.73 bits per heavy atom. The van der Waals surface area contributed by atoms with E-state index in [2.05, 4.69) is 25.2 Å². The summed E-state index contributed by atoms with van der Waals surface area (Å²) in [5.74, 6) is 1.96. The smallest absolute Gasteiger partial charge is 0.255 e. The minimum Gasteiger partial charge on any atom is -0.469 e. The van der Waals surface area contributed by atoms with Crippen LogP contribution in [0.2, 0.25) is 0 Å². The van der Waals surface area contributed by atoms with Crippen LogP contribution >= 0.6 is 0 Å². The van der Waals surface area contributed by atoms with Gasteiger partial charge in [0.25, 0.3) is 11.5 Å². The summed E-state index contributed by atoms with van der Waals surface area (Å²) in [6, 6.07) is 7.22. The maximum absolute atomic E-state index is 12.4. The molecule has 0 unspecified atom stereocenters. The zero-order chi connectivity index (χ0) is 21.1. The van der Waals surface area contributed by atoms with Gasteiger partial charge in [0, 0.05) is 42.7 Å². The highest BCUT2D eigenvalue weighted by molar-refractivity contribution is 5.95. The lowest BCUT2D eigenvalue weighted by Gasteiger charge is -2.33. The van der Waals surface area contributed by atoms with Crippen molar-refractivity contribution >= 4 is 11.7 Å². The molecular weight excluding hydrogens is 382 g/mol. The number of aryl methyl sites for hydroxylation is 2. The number of hydrogen-bond acceptors (Lipinski definition) is 6. The molecule has 8 heteroatoms. The fourth-order valence-electron chi connectivity index (χ4n) is 3.68. The second-order valence-electron chi connectivity index (χ2n) is 7.47. The number of H-pyrrole nitrogens is 1. The highest BCUT2D eigenvalue weighted by Gasteiger charge is 2.23. The van der Waals surface area contributed by atoms with Crippen LogP contribution in [-0.4, -0.2) is 40.0 Å². The molecule has 1 amide bonds. The molecule has 0 spiro atoms. The average molecular weight is 407 g/mol. The van der Waals surface area contributed by atoms with E-state index in [1.807, 2.05) is 19.1 Å². The van der Waals surface area contributed by atoms with Gasteiger partial charge >= 0.3 is 0 Å². The second-order valence-corrected chi connectivity index (χ2v) is 7.47. The van der Waals surface area contributed by atoms with Crippen molar-refractivity contribution in [2.45, 2.75) is 39.2 Å². The monoisotopic (exact) mass is 407 g/mol. The summed E-state index contributed by atoms with van der Waals surface area (Å²) >= 11 is 0. The lowest BCUT2D eigenvalue weighted by Crippen LogP contribution is -2.45. The molecule has 0 saturated carbocycles. The van der Waals surface area contributed by atoms with E-state index in [4.69, 9.17) is 4.42 Å². The molecule has 0 radical (unpaired) electrons. The summed E-state index contributed by atoms with van der Waals surface area (Å²) in [6.45, 7) is 5.37. The van der Waals surface area contributed by atoms with Crippen molar-refractivity contribution in [1.29, 1.82) is 0 Å². The van der Waals surface area contributed by atoms with Gasteiger partial charge in [-0.2, -0.15) is 0 Å². The van der Waals surface area contributed by atoms with Gasteiger partial charge in [0.15, 0.2) is 0 Å². The van der Waals surface area contributed by atoms with E-state index in [0.717, 1.165) is 43.0 Å². The van der Waals surface area contributed by atoms with Crippen LogP contribution < -0.4 is 15.8 Å². The maximum atomic E-state index is 12.4. The molecule has 30 heavy (non-hydrogen) atoms. The van der Waals surface area contributed by atoms with Crippen molar-refractivity contribution in [3.05, 3.63) is 64.1 Å². The van der Waals surface area contributed by atoms with E-state index in [1.165, 1.54) is 12.3 Å². The Morgan fingerprint density at radius 2 is 2.10 bits per heavy atom. The van der Waals surface area contributed by atoms with Gasteiger partial charge in [0.2, 0.25) is 0 Å². The average Bonchev–Trinajstić information content (AvgIpc) is 3.20. The van der Waals surface area contributed by atoms with Gasteiger partial charge < -0.3 is 19.6 Å². The highest BCUT2D eigenvalue weighted by Crippen LogP contribution is 2.21. The Balaban J connectivity index is 1.37. The highest BCUT2D eigenvalue weighted by atomic mass is 16.3.